The molecule has 46 heavy (non-hydrogen) atoms. The van der Waals surface area contributed by atoms with Gasteiger partial charge in [0.2, 0.25) is 0 Å². The number of hydrogen-bond donors (Lipinski definition) is 0. The molecule has 3 aromatic carbocycles. The van der Waals surface area contributed by atoms with Gasteiger partial charge in [0.15, 0.2) is 16.3 Å². The molecule has 0 fully saturated rings. The first-order valence-corrected chi connectivity index (χ1v) is 16.5. The van der Waals surface area contributed by atoms with Gasteiger partial charge in [0.05, 0.1) is 52.2 Å². The van der Waals surface area contributed by atoms with E-state index in [1.165, 1.54) is 15.9 Å². The van der Waals surface area contributed by atoms with Crippen LogP contribution in [0.2, 0.25) is 0 Å². The Morgan fingerprint density at radius 2 is 1.80 bits per heavy atom. The van der Waals surface area contributed by atoms with Gasteiger partial charge in [0.1, 0.15) is 18.4 Å². The number of hydrogen-bond acceptors (Lipinski definition) is 9. The number of nitriles is 1. The molecule has 9 nitrogen and oxygen atoms in total. The summed E-state index contributed by atoms with van der Waals surface area (Å²) >= 11 is 8.34. The van der Waals surface area contributed by atoms with Gasteiger partial charge < -0.3 is 18.9 Å². The predicted molar refractivity (Wildman–Crippen MR) is 182 cm³/mol. The smallest absolute Gasteiger partial charge is 0.338 e. The molecule has 0 bridgehead atoms. The number of carbonyl (C=O) groups is 1. The van der Waals surface area contributed by atoms with Crippen LogP contribution in [-0.2, 0) is 16.1 Å². The number of esters is 1. The Labute approximate surface area is 286 Å². The van der Waals surface area contributed by atoms with Crippen molar-refractivity contribution in [2.45, 2.75) is 39.5 Å². The molecule has 4 aromatic rings. The minimum Gasteiger partial charge on any atom is -0.496 e. The Balaban J connectivity index is 1.59. The topological polar surface area (TPSA) is 112 Å². The fourth-order valence-electron chi connectivity index (χ4n) is 5.02. The summed E-state index contributed by atoms with van der Waals surface area (Å²) in [6, 6.07) is 17.5. The van der Waals surface area contributed by atoms with Crippen molar-refractivity contribution in [3.63, 3.8) is 0 Å². The van der Waals surface area contributed by atoms with Gasteiger partial charge >= 0.3 is 5.97 Å². The largest absolute Gasteiger partial charge is 0.496 e. The number of aromatic nitrogens is 1. The van der Waals surface area contributed by atoms with Gasteiger partial charge in [-0.25, -0.2) is 9.79 Å². The summed E-state index contributed by atoms with van der Waals surface area (Å²) in [6.45, 7) is 5.55. The number of thiazole rings is 1. The molecule has 1 atom stereocenters. The molecule has 2 heterocycles. The molecule has 0 amide bonds. The Bertz CT molecular complexity index is 2080. The summed E-state index contributed by atoms with van der Waals surface area (Å²) in [6.07, 6.45) is 1.38. The van der Waals surface area contributed by atoms with Crippen molar-refractivity contribution >= 4 is 55.2 Å². The van der Waals surface area contributed by atoms with E-state index in [2.05, 4.69) is 42.9 Å². The molecule has 5 rings (SSSR count). The SMILES string of the molecule is COc1ccc(Br)cc1[C@@H]1C(C(=O)OC(C)C)=C(C)N=c2s/c(=C\c3cc(Br)c(OCc4ccc(C#N)cc4)c(OC)c3)c(=O)n21. The van der Waals surface area contributed by atoms with E-state index in [1.54, 1.807) is 65.3 Å². The maximum absolute atomic E-state index is 14.2. The van der Waals surface area contributed by atoms with Gasteiger partial charge in [-0.15, -0.1) is 0 Å². The van der Waals surface area contributed by atoms with Gasteiger partial charge in [-0.1, -0.05) is 39.4 Å². The highest BCUT2D eigenvalue weighted by Gasteiger charge is 2.35. The Hall–Kier alpha value is -4.18. The lowest BCUT2D eigenvalue weighted by atomic mass is 9.95. The van der Waals surface area contributed by atoms with Gasteiger partial charge in [-0.2, -0.15) is 5.26 Å². The van der Waals surface area contributed by atoms with E-state index in [4.69, 9.17) is 24.2 Å². The van der Waals surface area contributed by atoms with Crippen LogP contribution in [0.3, 0.4) is 0 Å². The summed E-state index contributed by atoms with van der Waals surface area (Å²) in [4.78, 5) is 32.7. The third-order valence-electron chi connectivity index (χ3n) is 7.09. The van der Waals surface area contributed by atoms with E-state index in [1.807, 2.05) is 30.3 Å². The van der Waals surface area contributed by atoms with Crippen molar-refractivity contribution in [1.82, 2.24) is 4.57 Å². The minimum absolute atomic E-state index is 0.261. The van der Waals surface area contributed by atoms with Gasteiger partial charge in [-0.05, 0) is 96.4 Å². The van der Waals surface area contributed by atoms with E-state index in [0.29, 0.717) is 53.4 Å². The van der Waals surface area contributed by atoms with E-state index < -0.39 is 12.0 Å². The van der Waals surface area contributed by atoms with Gasteiger partial charge in [0, 0.05) is 10.0 Å². The molecule has 0 aliphatic carbocycles. The molecule has 1 aromatic heterocycles. The average Bonchev–Trinajstić information content (AvgIpc) is 3.32. The zero-order valence-corrected chi connectivity index (χ0v) is 29.6. The Kier molecular flexibility index (Phi) is 10.2. The number of fused-ring (bicyclic) bond motifs is 1. The lowest BCUT2D eigenvalue weighted by molar-refractivity contribution is -0.143. The van der Waals surface area contributed by atoms with Crippen LogP contribution in [0.25, 0.3) is 6.08 Å². The number of allylic oxidation sites excluding steroid dienone is 1. The molecule has 0 saturated carbocycles. The molecule has 12 heteroatoms. The Morgan fingerprint density at radius 1 is 1.09 bits per heavy atom. The van der Waals surface area contributed by atoms with Crippen LogP contribution in [0.1, 0.15) is 49.1 Å². The fourth-order valence-corrected chi connectivity index (χ4v) is 7.02. The quantitative estimate of drug-likeness (QED) is 0.187. The van der Waals surface area contributed by atoms with Crippen LogP contribution in [0, 0.1) is 11.3 Å². The van der Waals surface area contributed by atoms with Crippen LogP contribution in [0.5, 0.6) is 17.2 Å². The highest BCUT2D eigenvalue weighted by molar-refractivity contribution is 9.10. The summed E-state index contributed by atoms with van der Waals surface area (Å²) in [5.74, 6) is 0.921. The fraction of sp³-hybridized carbons (Fsp3) is 0.235. The molecule has 0 radical (unpaired) electrons. The third kappa shape index (κ3) is 6.82. The van der Waals surface area contributed by atoms with Crippen molar-refractivity contribution < 1.29 is 23.7 Å². The second-order valence-electron chi connectivity index (χ2n) is 10.6. The molecular formula is C34H29Br2N3O6S. The van der Waals surface area contributed by atoms with E-state index in [-0.39, 0.29) is 23.8 Å². The first kappa shape index (κ1) is 33.2. The van der Waals surface area contributed by atoms with Crippen molar-refractivity contribution in [3.05, 3.63) is 117 Å². The summed E-state index contributed by atoms with van der Waals surface area (Å²) in [7, 11) is 3.09. The Morgan fingerprint density at radius 3 is 2.46 bits per heavy atom. The van der Waals surface area contributed by atoms with Crippen LogP contribution in [-0.4, -0.2) is 30.9 Å². The molecule has 0 N–H and O–H groups in total. The maximum atomic E-state index is 14.2. The number of rotatable bonds is 9. The van der Waals surface area contributed by atoms with Crippen LogP contribution >= 0.6 is 43.2 Å². The standard InChI is InChI=1S/C34H29Br2N3O6S/c1-18(2)45-33(41)29-19(3)38-34-39(30(29)24-15-23(35)10-11-26(24)42-4)32(40)28(46-34)14-22-12-25(36)31(27(13-22)43-5)44-17-21-8-6-20(16-37)7-9-21/h6-15,18,30H,17H2,1-5H3/b28-14-/t30-/m1/s1. The number of nitrogens with zero attached hydrogens (tertiary/aromatic N) is 3. The molecule has 1 aliphatic heterocycles. The highest BCUT2D eigenvalue weighted by atomic mass is 79.9. The van der Waals surface area contributed by atoms with Gasteiger partial charge in [-0.3, -0.25) is 9.36 Å². The van der Waals surface area contributed by atoms with Crippen LogP contribution < -0.4 is 29.1 Å². The number of carbonyl (C=O) groups excluding carboxylic acids is 1. The monoisotopic (exact) mass is 765 g/mol. The van der Waals surface area contributed by atoms with E-state index >= 15 is 0 Å². The summed E-state index contributed by atoms with van der Waals surface area (Å²) in [5, 5.41) is 9.05. The lowest BCUT2D eigenvalue weighted by Gasteiger charge is -2.26. The van der Waals surface area contributed by atoms with Crippen LogP contribution in [0.4, 0.5) is 0 Å². The highest BCUT2D eigenvalue weighted by Crippen LogP contribution is 2.39. The van der Waals surface area contributed by atoms with Crippen molar-refractivity contribution in [2.24, 2.45) is 4.99 Å². The third-order valence-corrected chi connectivity index (χ3v) is 9.15. The zero-order valence-electron chi connectivity index (χ0n) is 25.6. The van der Waals surface area contributed by atoms with E-state index in [9.17, 15) is 9.59 Å². The first-order valence-electron chi connectivity index (χ1n) is 14.1. The van der Waals surface area contributed by atoms with Crippen molar-refractivity contribution in [3.8, 4) is 23.3 Å². The normalized spacial score (nSPS) is 14.4. The second-order valence-corrected chi connectivity index (χ2v) is 13.3. The minimum atomic E-state index is -0.837. The second kappa shape index (κ2) is 14.1. The summed E-state index contributed by atoms with van der Waals surface area (Å²) in [5.41, 5.74) is 3.15. The first-order chi connectivity index (χ1) is 22.0. The molecule has 1 aliphatic rings. The maximum Gasteiger partial charge on any atom is 0.338 e. The molecule has 0 spiro atoms. The predicted octanol–water partition coefficient (Wildman–Crippen LogP) is 6.18. The molecule has 0 unspecified atom stereocenters. The van der Waals surface area contributed by atoms with Crippen LogP contribution in [0.15, 0.2) is 84.6 Å². The number of halogens is 2. The lowest BCUT2D eigenvalue weighted by Crippen LogP contribution is -2.40. The van der Waals surface area contributed by atoms with Gasteiger partial charge in [0.25, 0.3) is 5.56 Å². The number of benzene rings is 3. The molecule has 0 saturated heterocycles. The number of ether oxygens (including phenoxy) is 4. The van der Waals surface area contributed by atoms with Crippen molar-refractivity contribution in [1.29, 1.82) is 5.26 Å². The molecular weight excluding hydrogens is 738 g/mol. The average molecular weight is 767 g/mol. The van der Waals surface area contributed by atoms with E-state index in [0.717, 1.165) is 10.0 Å². The van der Waals surface area contributed by atoms with Crippen molar-refractivity contribution in [2.75, 3.05) is 14.2 Å². The summed E-state index contributed by atoms with van der Waals surface area (Å²) < 4.78 is 26.3. The zero-order chi connectivity index (χ0) is 33.1. The molecule has 236 valence electrons. The number of methoxy groups -OCH3 is 2.